The van der Waals surface area contributed by atoms with E-state index in [1.165, 1.54) is 12.8 Å². The van der Waals surface area contributed by atoms with Gasteiger partial charge in [0.25, 0.3) is 0 Å². The van der Waals surface area contributed by atoms with Crippen molar-refractivity contribution in [3.8, 4) is 0 Å². The molecule has 2 heteroatoms. The number of nitrogens with one attached hydrogen (secondary N) is 2. The molecule has 2 nitrogen and oxygen atoms in total. The molecular formula is C9H20N2. The summed E-state index contributed by atoms with van der Waals surface area (Å²) in [6.45, 7) is 5.64. The maximum Gasteiger partial charge on any atom is 0.0212 e. The van der Waals surface area contributed by atoms with Gasteiger partial charge in [-0.2, -0.15) is 0 Å². The van der Waals surface area contributed by atoms with Gasteiger partial charge in [-0.15, -0.1) is 0 Å². The third kappa shape index (κ3) is 3.21. The van der Waals surface area contributed by atoms with E-state index in [-0.39, 0.29) is 0 Å². The van der Waals surface area contributed by atoms with E-state index in [9.17, 15) is 0 Å². The summed E-state index contributed by atoms with van der Waals surface area (Å²) in [6.07, 6.45) is 2.77. The van der Waals surface area contributed by atoms with Gasteiger partial charge in [-0.3, -0.25) is 0 Å². The van der Waals surface area contributed by atoms with E-state index in [1.54, 1.807) is 0 Å². The van der Waals surface area contributed by atoms with E-state index in [4.69, 9.17) is 0 Å². The van der Waals surface area contributed by atoms with Crippen LogP contribution in [0.1, 0.15) is 26.7 Å². The Labute approximate surface area is 69.8 Å². The van der Waals surface area contributed by atoms with Crippen molar-refractivity contribution in [1.82, 2.24) is 10.6 Å². The first-order valence-electron chi connectivity index (χ1n) is 4.64. The second kappa shape index (κ2) is 4.07. The summed E-state index contributed by atoms with van der Waals surface area (Å²) in [5.41, 5.74) is 0. The van der Waals surface area contributed by atoms with Crippen LogP contribution in [0.5, 0.6) is 0 Å². The average Bonchev–Trinajstić information content (AvgIpc) is 2.72. The van der Waals surface area contributed by atoms with Gasteiger partial charge in [0.15, 0.2) is 0 Å². The lowest BCUT2D eigenvalue weighted by molar-refractivity contribution is 0.401. The molecule has 0 saturated heterocycles. The van der Waals surface area contributed by atoms with E-state index in [1.807, 2.05) is 7.05 Å². The minimum atomic E-state index is 0.635. The van der Waals surface area contributed by atoms with Crippen molar-refractivity contribution >= 4 is 0 Å². The van der Waals surface area contributed by atoms with E-state index < -0.39 is 0 Å². The second-order valence-electron chi connectivity index (χ2n) is 3.82. The van der Waals surface area contributed by atoms with Crippen molar-refractivity contribution in [2.24, 2.45) is 5.92 Å². The van der Waals surface area contributed by atoms with Gasteiger partial charge in [-0.1, -0.05) is 13.8 Å². The number of hydrogen-bond donors (Lipinski definition) is 2. The Morgan fingerprint density at radius 2 is 2.00 bits per heavy atom. The molecule has 1 atom stereocenters. The first-order valence-corrected chi connectivity index (χ1v) is 4.64. The highest BCUT2D eigenvalue weighted by molar-refractivity contribution is 4.83. The van der Waals surface area contributed by atoms with Crippen molar-refractivity contribution in [3.63, 3.8) is 0 Å². The summed E-state index contributed by atoms with van der Waals surface area (Å²) in [7, 11) is 2.04. The molecule has 0 aromatic rings. The molecule has 1 fully saturated rings. The summed E-state index contributed by atoms with van der Waals surface area (Å²) in [5, 5.41) is 6.85. The average molecular weight is 156 g/mol. The highest BCUT2D eigenvalue weighted by Gasteiger charge is 2.22. The molecule has 0 spiro atoms. The van der Waals surface area contributed by atoms with Gasteiger partial charge in [-0.05, 0) is 25.8 Å². The Hall–Kier alpha value is -0.0800. The molecule has 0 aromatic carbocycles. The molecule has 1 rings (SSSR count). The van der Waals surface area contributed by atoms with Crippen molar-refractivity contribution in [1.29, 1.82) is 0 Å². The molecule has 1 aliphatic rings. The van der Waals surface area contributed by atoms with Crippen molar-refractivity contribution in [3.05, 3.63) is 0 Å². The Morgan fingerprint density at radius 1 is 1.36 bits per heavy atom. The molecule has 11 heavy (non-hydrogen) atoms. The molecule has 1 unspecified atom stereocenters. The standard InChI is InChI=1S/C9H20N2/c1-7(2)9(10-3)6-11-8-4-5-8/h7-11H,4-6H2,1-3H3. The first-order chi connectivity index (χ1) is 5.24. The largest absolute Gasteiger partial charge is 0.315 e. The number of hydrogen-bond acceptors (Lipinski definition) is 2. The van der Waals surface area contributed by atoms with Gasteiger partial charge in [-0.25, -0.2) is 0 Å². The van der Waals surface area contributed by atoms with E-state index in [0.29, 0.717) is 6.04 Å². The van der Waals surface area contributed by atoms with Crippen molar-refractivity contribution in [2.75, 3.05) is 13.6 Å². The SMILES string of the molecule is CNC(CNC1CC1)C(C)C. The summed E-state index contributed by atoms with van der Waals surface area (Å²) >= 11 is 0. The first kappa shape index (κ1) is 9.01. The van der Waals surface area contributed by atoms with E-state index >= 15 is 0 Å². The zero-order valence-corrected chi connectivity index (χ0v) is 7.85. The van der Waals surface area contributed by atoms with E-state index in [2.05, 4.69) is 24.5 Å². The molecule has 0 heterocycles. The summed E-state index contributed by atoms with van der Waals surface area (Å²) in [6, 6.07) is 1.47. The molecule has 1 aliphatic carbocycles. The predicted octanol–water partition coefficient (Wildman–Crippen LogP) is 0.982. The maximum absolute atomic E-state index is 3.53. The zero-order chi connectivity index (χ0) is 8.27. The monoisotopic (exact) mass is 156 g/mol. The maximum atomic E-state index is 3.53. The van der Waals surface area contributed by atoms with Gasteiger partial charge in [0.05, 0.1) is 0 Å². The van der Waals surface area contributed by atoms with Crippen LogP contribution in [-0.2, 0) is 0 Å². The van der Waals surface area contributed by atoms with Crippen LogP contribution >= 0.6 is 0 Å². The minimum Gasteiger partial charge on any atom is -0.315 e. The van der Waals surface area contributed by atoms with Crippen LogP contribution in [0.4, 0.5) is 0 Å². The van der Waals surface area contributed by atoms with Crippen LogP contribution < -0.4 is 10.6 Å². The van der Waals surface area contributed by atoms with Gasteiger partial charge in [0.1, 0.15) is 0 Å². The molecule has 2 N–H and O–H groups in total. The third-order valence-corrected chi connectivity index (χ3v) is 2.38. The zero-order valence-electron chi connectivity index (χ0n) is 7.85. The lowest BCUT2D eigenvalue weighted by atomic mass is 10.1. The third-order valence-electron chi connectivity index (χ3n) is 2.38. The highest BCUT2D eigenvalue weighted by Crippen LogP contribution is 2.18. The van der Waals surface area contributed by atoms with E-state index in [0.717, 1.165) is 18.5 Å². The fourth-order valence-electron chi connectivity index (χ4n) is 1.25. The number of likely N-dealkylation sites (N-methyl/N-ethyl adjacent to an activating group) is 1. The van der Waals surface area contributed by atoms with Crippen molar-refractivity contribution in [2.45, 2.75) is 38.8 Å². The van der Waals surface area contributed by atoms with Crippen LogP contribution in [0.2, 0.25) is 0 Å². The van der Waals surface area contributed by atoms with Gasteiger partial charge in [0.2, 0.25) is 0 Å². The smallest absolute Gasteiger partial charge is 0.0212 e. The summed E-state index contributed by atoms with van der Waals surface area (Å²) in [4.78, 5) is 0. The Kier molecular flexibility index (Phi) is 3.34. The van der Waals surface area contributed by atoms with Gasteiger partial charge >= 0.3 is 0 Å². The molecule has 0 aliphatic heterocycles. The Balaban J connectivity index is 2.08. The molecule has 66 valence electrons. The predicted molar refractivity (Wildman–Crippen MR) is 48.7 cm³/mol. The molecule has 0 radical (unpaired) electrons. The Bertz CT molecular complexity index is 108. The van der Waals surface area contributed by atoms with Crippen LogP contribution in [0.3, 0.4) is 0 Å². The lowest BCUT2D eigenvalue weighted by Gasteiger charge is -2.20. The molecular weight excluding hydrogens is 136 g/mol. The molecule has 0 aromatic heterocycles. The van der Waals surface area contributed by atoms with Gasteiger partial charge < -0.3 is 10.6 Å². The topological polar surface area (TPSA) is 24.1 Å². The quantitative estimate of drug-likeness (QED) is 0.620. The molecule has 0 bridgehead atoms. The normalized spacial score (nSPS) is 20.7. The Morgan fingerprint density at radius 3 is 2.36 bits per heavy atom. The van der Waals surface area contributed by atoms with Crippen LogP contribution in [0.25, 0.3) is 0 Å². The fraction of sp³-hybridized carbons (Fsp3) is 1.00. The van der Waals surface area contributed by atoms with Crippen LogP contribution in [0.15, 0.2) is 0 Å². The van der Waals surface area contributed by atoms with Crippen LogP contribution in [-0.4, -0.2) is 25.7 Å². The number of rotatable bonds is 5. The fourth-order valence-corrected chi connectivity index (χ4v) is 1.25. The lowest BCUT2D eigenvalue weighted by Crippen LogP contribution is -2.41. The minimum absolute atomic E-state index is 0.635. The molecule has 1 saturated carbocycles. The highest BCUT2D eigenvalue weighted by atomic mass is 15.0. The second-order valence-corrected chi connectivity index (χ2v) is 3.82. The summed E-state index contributed by atoms with van der Waals surface area (Å²) in [5.74, 6) is 0.728. The van der Waals surface area contributed by atoms with Crippen molar-refractivity contribution < 1.29 is 0 Å². The summed E-state index contributed by atoms with van der Waals surface area (Å²) < 4.78 is 0. The van der Waals surface area contributed by atoms with Gasteiger partial charge in [0, 0.05) is 18.6 Å². The van der Waals surface area contributed by atoms with Crippen LogP contribution in [0, 0.1) is 5.92 Å². The molecule has 0 amide bonds.